The summed E-state index contributed by atoms with van der Waals surface area (Å²) in [7, 11) is 0. The molecule has 0 spiro atoms. The molecule has 0 saturated carbocycles. The second-order valence-electron chi connectivity index (χ2n) is 9.56. The summed E-state index contributed by atoms with van der Waals surface area (Å²) in [6, 6.07) is 14.6. The molecule has 0 aliphatic rings. The molecule has 0 aliphatic heterocycles. The molecule has 11 heteroatoms. The summed E-state index contributed by atoms with van der Waals surface area (Å²) in [5.41, 5.74) is 1.37. The molecule has 0 fully saturated rings. The lowest BCUT2D eigenvalue weighted by Gasteiger charge is -2.22. The largest absolute Gasteiger partial charge is 0.418 e. The van der Waals surface area contributed by atoms with Crippen LogP contribution in [0.25, 0.3) is 11.1 Å². The Labute approximate surface area is 246 Å². The number of hydrogen-bond donors (Lipinski definition) is 2. The summed E-state index contributed by atoms with van der Waals surface area (Å²) < 4.78 is 34.5. The van der Waals surface area contributed by atoms with Crippen LogP contribution in [-0.2, 0) is 17.6 Å². The highest BCUT2D eigenvalue weighted by Gasteiger charge is 2.31. The molecule has 1 unspecified atom stereocenters. The molecule has 0 radical (unpaired) electrons. The van der Waals surface area contributed by atoms with Crippen LogP contribution in [0.2, 0.25) is 5.02 Å². The number of benzene rings is 3. The predicted molar refractivity (Wildman–Crippen MR) is 153 cm³/mol. The van der Waals surface area contributed by atoms with Crippen molar-refractivity contribution in [2.24, 2.45) is 0 Å². The van der Waals surface area contributed by atoms with Crippen LogP contribution < -0.4 is 10.6 Å². The number of nitrogens with zero attached hydrogens (tertiary/aromatic N) is 2. The van der Waals surface area contributed by atoms with Gasteiger partial charge in [0.25, 0.3) is 11.8 Å². The van der Waals surface area contributed by atoms with Crippen LogP contribution in [0.15, 0.2) is 71.1 Å². The third kappa shape index (κ3) is 7.25. The number of carbonyl (C=O) groups is 3. The Hall–Kier alpha value is -4.44. The van der Waals surface area contributed by atoms with E-state index in [1.807, 2.05) is 19.1 Å². The summed E-state index contributed by atoms with van der Waals surface area (Å²) in [6.45, 7) is 3.60. The summed E-state index contributed by atoms with van der Waals surface area (Å²) in [6.07, 6.45) is 0.670. The van der Waals surface area contributed by atoms with E-state index in [1.54, 1.807) is 43.3 Å². The van der Waals surface area contributed by atoms with Crippen molar-refractivity contribution in [3.05, 3.63) is 106 Å². The van der Waals surface area contributed by atoms with E-state index in [-0.39, 0.29) is 29.3 Å². The second-order valence-corrected chi connectivity index (χ2v) is 9.96. The van der Waals surface area contributed by atoms with Gasteiger partial charge >= 0.3 is 0 Å². The van der Waals surface area contributed by atoms with Gasteiger partial charge in [0.2, 0.25) is 17.6 Å². The molecule has 2 amide bonds. The molecule has 1 heterocycles. The van der Waals surface area contributed by atoms with Crippen LogP contribution in [0.5, 0.6) is 0 Å². The maximum Gasteiger partial charge on any atom is 0.286 e. The lowest BCUT2D eigenvalue weighted by molar-refractivity contribution is -0.123. The predicted octanol–water partition coefficient (Wildman–Crippen LogP) is 5.74. The number of aromatic nitrogens is 2. The Kier molecular flexibility index (Phi) is 10.1. The van der Waals surface area contributed by atoms with Crippen molar-refractivity contribution < 1.29 is 27.6 Å². The summed E-state index contributed by atoms with van der Waals surface area (Å²) in [5.74, 6) is -3.79. The maximum atomic E-state index is 14.6. The summed E-state index contributed by atoms with van der Waals surface area (Å²) in [4.78, 5) is 39.8. The van der Waals surface area contributed by atoms with Gasteiger partial charge in [0.1, 0.15) is 17.7 Å². The molecular weight excluding hydrogens is 566 g/mol. The fourth-order valence-electron chi connectivity index (χ4n) is 4.35. The quantitative estimate of drug-likeness (QED) is 0.202. The van der Waals surface area contributed by atoms with Gasteiger partial charge in [-0.15, -0.1) is 10.2 Å². The molecule has 42 heavy (non-hydrogen) atoms. The van der Waals surface area contributed by atoms with Crippen molar-refractivity contribution >= 4 is 29.2 Å². The third-order valence-electron chi connectivity index (χ3n) is 6.61. The lowest BCUT2D eigenvalue weighted by atomic mass is 10.0. The minimum Gasteiger partial charge on any atom is -0.418 e. The van der Waals surface area contributed by atoms with Crippen LogP contribution in [0.3, 0.4) is 0 Å². The molecule has 4 rings (SSSR count). The highest BCUT2D eigenvalue weighted by Crippen LogP contribution is 2.27. The van der Waals surface area contributed by atoms with Gasteiger partial charge in [-0.1, -0.05) is 68.3 Å². The van der Waals surface area contributed by atoms with Gasteiger partial charge in [0.15, 0.2) is 0 Å². The number of rotatable bonds is 12. The average molecular weight is 595 g/mol. The molecule has 0 aliphatic carbocycles. The fraction of sp³-hybridized carbons (Fsp3) is 0.258. The number of amides is 2. The summed E-state index contributed by atoms with van der Waals surface area (Å²) in [5, 5.41) is 13.3. The molecular formula is C31H29ClF2N4O4. The first-order valence-corrected chi connectivity index (χ1v) is 13.8. The van der Waals surface area contributed by atoms with Crippen molar-refractivity contribution in [3.8, 4) is 11.1 Å². The standard InChI is InChI=1S/C31H29ClF2N4O4/c1-3-8-25(28(39)31-38-37-27(4-2)42-31)35-30(41)26(17-21-23(33)11-7-12-24(21)34)36-29(40)19-15-13-18(14-16-19)20-9-5-6-10-22(20)32/h5-7,9-16,25-26H,3-4,8,17H2,1-2H3,(H,35,41)(H,36,40)/t25-,26?/m0/s1. The van der Waals surface area contributed by atoms with Crippen molar-refractivity contribution in [1.29, 1.82) is 0 Å². The summed E-state index contributed by atoms with van der Waals surface area (Å²) >= 11 is 6.28. The molecule has 2 atom stereocenters. The van der Waals surface area contributed by atoms with E-state index in [4.69, 9.17) is 16.0 Å². The molecule has 218 valence electrons. The van der Waals surface area contributed by atoms with Gasteiger partial charge in [0.05, 0.1) is 6.04 Å². The molecule has 0 saturated heterocycles. The van der Waals surface area contributed by atoms with Crippen LogP contribution >= 0.6 is 11.6 Å². The molecule has 1 aromatic heterocycles. The Bertz CT molecular complexity index is 1560. The zero-order valence-electron chi connectivity index (χ0n) is 23.0. The zero-order valence-corrected chi connectivity index (χ0v) is 23.8. The first-order valence-electron chi connectivity index (χ1n) is 13.5. The van der Waals surface area contributed by atoms with E-state index in [2.05, 4.69) is 20.8 Å². The Morgan fingerprint density at radius 1 is 0.881 bits per heavy atom. The van der Waals surface area contributed by atoms with Gasteiger partial charge in [-0.05, 0) is 42.3 Å². The average Bonchev–Trinajstić information content (AvgIpc) is 3.47. The minimum atomic E-state index is -1.42. The van der Waals surface area contributed by atoms with E-state index < -0.39 is 47.7 Å². The van der Waals surface area contributed by atoms with Gasteiger partial charge in [-0.25, -0.2) is 8.78 Å². The molecule has 8 nitrogen and oxygen atoms in total. The van der Waals surface area contributed by atoms with Crippen molar-refractivity contribution in [2.75, 3.05) is 0 Å². The first kappa shape index (κ1) is 30.5. The topological polar surface area (TPSA) is 114 Å². The van der Waals surface area contributed by atoms with Crippen molar-refractivity contribution in [2.45, 2.75) is 51.6 Å². The van der Waals surface area contributed by atoms with E-state index in [0.717, 1.165) is 23.3 Å². The number of ketones is 1. The van der Waals surface area contributed by atoms with Gasteiger partial charge in [0, 0.05) is 34.6 Å². The molecule has 4 aromatic rings. The number of Topliss-reactive ketones (excluding diaryl/α,β-unsaturated/α-hetero) is 1. The SMILES string of the molecule is CCC[C@H](NC(=O)C(Cc1c(F)cccc1F)NC(=O)c1ccc(-c2ccccc2Cl)cc1)C(=O)c1nnc(CC)o1. The normalized spacial score (nSPS) is 12.4. The van der Waals surface area contributed by atoms with E-state index in [0.29, 0.717) is 17.9 Å². The van der Waals surface area contributed by atoms with Crippen LogP contribution in [-0.4, -0.2) is 39.9 Å². The number of halogens is 3. The van der Waals surface area contributed by atoms with Crippen molar-refractivity contribution in [1.82, 2.24) is 20.8 Å². The lowest BCUT2D eigenvalue weighted by Crippen LogP contribution is -2.52. The molecule has 3 aromatic carbocycles. The van der Waals surface area contributed by atoms with E-state index in [1.165, 1.54) is 6.07 Å². The highest BCUT2D eigenvalue weighted by atomic mass is 35.5. The third-order valence-corrected chi connectivity index (χ3v) is 6.94. The number of nitrogens with one attached hydrogen (secondary N) is 2. The van der Waals surface area contributed by atoms with Gasteiger partial charge in [-0.2, -0.15) is 0 Å². The maximum absolute atomic E-state index is 14.6. The van der Waals surface area contributed by atoms with Gasteiger partial charge < -0.3 is 15.1 Å². The Balaban J connectivity index is 1.58. The minimum absolute atomic E-state index is 0.205. The zero-order chi connectivity index (χ0) is 30.2. The number of aryl methyl sites for hydroxylation is 1. The van der Waals surface area contributed by atoms with E-state index >= 15 is 0 Å². The Morgan fingerprint density at radius 2 is 1.57 bits per heavy atom. The van der Waals surface area contributed by atoms with Crippen LogP contribution in [0.4, 0.5) is 8.78 Å². The van der Waals surface area contributed by atoms with Crippen LogP contribution in [0, 0.1) is 11.6 Å². The number of carbonyl (C=O) groups excluding carboxylic acids is 3. The number of hydrogen-bond acceptors (Lipinski definition) is 6. The fourth-order valence-corrected chi connectivity index (χ4v) is 4.60. The monoisotopic (exact) mass is 594 g/mol. The van der Waals surface area contributed by atoms with Crippen LogP contribution in [0.1, 0.15) is 59.2 Å². The Morgan fingerprint density at radius 3 is 2.19 bits per heavy atom. The second kappa shape index (κ2) is 14.0. The first-order chi connectivity index (χ1) is 20.2. The smallest absolute Gasteiger partial charge is 0.286 e. The molecule has 0 bridgehead atoms. The van der Waals surface area contributed by atoms with Gasteiger partial charge in [-0.3, -0.25) is 14.4 Å². The van der Waals surface area contributed by atoms with E-state index in [9.17, 15) is 23.2 Å². The highest BCUT2D eigenvalue weighted by molar-refractivity contribution is 6.33. The molecule has 2 N–H and O–H groups in total. The van der Waals surface area contributed by atoms with Crippen molar-refractivity contribution in [3.63, 3.8) is 0 Å².